The normalized spacial score (nSPS) is 14.2. The van der Waals surface area contributed by atoms with Gasteiger partial charge in [-0.15, -0.1) is 0 Å². The average molecular weight is 592 g/mol. The maximum Gasteiger partial charge on any atom is 0.407 e. The highest BCUT2D eigenvalue weighted by molar-refractivity contribution is 6.74. The third-order valence-corrected chi connectivity index (χ3v) is 11.0. The Morgan fingerprint density at radius 3 is 2.07 bits per heavy atom. The Morgan fingerprint density at radius 1 is 0.951 bits per heavy atom. The molecule has 230 valence electrons. The summed E-state index contributed by atoms with van der Waals surface area (Å²) in [6, 6.07) is 7.29. The summed E-state index contributed by atoms with van der Waals surface area (Å²) in [5.74, 6) is -0.210. The molecule has 2 rings (SSSR count). The molecule has 2 atom stereocenters. The second-order valence-electron chi connectivity index (χ2n) is 13.7. The number of amides is 1. The Bertz CT molecular complexity index is 1140. The van der Waals surface area contributed by atoms with Gasteiger partial charge < -0.3 is 29.1 Å². The van der Waals surface area contributed by atoms with Crippen molar-refractivity contribution in [2.75, 3.05) is 13.2 Å². The number of carbonyl (C=O) groups is 2. The van der Waals surface area contributed by atoms with Gasteiger partial charge in [-0.1, -0.05) is 32.9 Å². The highest BCUT2D eigenvalue weighted by Gasteiger charge is 2.39. The fourth-order valence-electron chi connectivity index (χ4n) is 3.43. The average Bonchev–Trinajstić information content (AvgIpc) is 3.26. The number of carbonyl (C=O) groups excluding carboxylic acids is 2. The third-order valence-electron chi connectivity index (χ3n) is 6.44. The van der Waals surface area contributed by atoms with Crippen molar-refractivity contribution in [2.45, 2.75) is 110 Å². The summed E-state index contributed by atoms with van der Waals surface area (Å²) >= 11 is 0. The van der Waals surface area contributed by atoms with Crippen LogP contribution in [-0.2, 0) is 25.2 Å². The summed E-state index contributed by atoms with van der Waals surface area (Å²) < 4.78 is 24.6. The van der Waals surface area contributed by atoms with E-state index in [0.29, 0.717) is 12.3 Å². The molecule has 0 saturated carbocycles. The molecular formula is C30H49N3O7Si. The standard InChI is InChI=1S/C30H49N3O7Si/c1-28(2,3)38-26(35)25(34)20-37-23-14-12-21(13-15-23)22-16-32-33(18-22)19-24(40-41(10,11)30(7,8)9)17-31-27(36)39-29(4,5)6/h12-16,18,24-25,34H,17,19-20H2,1-11H3,(H,31,36)/t24?,25-/m1/s1. The van der Waals surface area contributed by atoms with Crippen LogP contribution in [0.15, 0.2) is 36.7 Å². The molecule has 0 saturated heterocycles. The molecule has 1 unspecified atom stereocenters. The van der Waals surface area contributed by atoms with Crippen molar-refractivity contribution in [1.29, 1.82) is 0 Å². The molecule has 1 aromatic carbocycles. The Kier molecular flexibility index (Phi) is 11.2. The van der Waals surface area contributed by atoms with E-state index in [1.54, 1.807) is 39.1 Å². The summed E-state index contributed by atoms with van der Waals surface area (Å²) in [4.78, 5) is 24.3. The van der Waals surface area contributed by atoms with Crippen molar-refractivity contribution in [3.8, 4) is 16.9 Å². The number of nitrogens with one attached hydrogen (secondary N) is 1. The molecule has 2 N–H and O–H groups in total. The molecular weight excluding hydrogens is 542 g/mol. The van der Waals surface area contributed by atoms with Crippen LogP contribution in [0.1, 0.15) is 62.3 Å². The zero-order valence-corrected chi connectivity index (χ0v) is 27.5. The van der Waals surface area contributed by atoms with Crippen LogP contribution >= 0.6 is 0 Å². The van der Waals surface area contributed by atoms with E-state index < -0.39 is 37.7 Å². The van der Waals surface area contributed by atoms with Crippen molar-refractivity contribution in [2.24, 2.45) is 0 Å². The van der Waals surface area contributed by atoms with Crippen LogP contribution in [0, 0.1) is 0 Å². The van der Waals surface area contributed by atoms with E-state index in [1.807, 2.05) is 43.8 Å². The minimum absolute atomic E-state index is 0.000785. The molecule has 1 heterocycles. The van der Waals surface area contributed by atoms with Gasteiger partial charge in [0.05, 0.1) is 18.8 Å². The van der Waals surface area contributed by atoms with E-state index in [4.69, 9.17) is 18.6 Å². The zero-order valence-electron chi connectivity index (χ0n) is 26.5. The number of hydrogen-bond acceptors (Lipinski definition) is 8. The van der Waals surface area contributed by atoms with Gasteiger partial charge >= 0.3 is 12.1 Å². The van der Waals surface area contributed by atoms with Crippen molar-refractivity contribution in [3.05, 3.63) is 36.7 Å². The summed E-state index contributed by atoms with van der Waals surface area (Å²) in [5.41, 5.74) is 0.548. The van der Waals surface area contributed by atoms with Gasteiger partial charge in [-0.2, -0.15) is 5.10 Å². The first-order valence-corrected chi connectivity index (χ1v) is 16.9. The number of benzene rings is 1. The SMILES string of the molecule is CC(C)(C)OC(=O)NCC(Cn1cc(-c2ccc(OC[C@@H](O)C(=O)OC(C)(C)C)cc2)cn1)O[Si](C)(C)C(C)(C)C. The topological polar surface area (TPSA) is 121 Å². The van der Waals surface area contributed by atoms with Crippen LogP contribution < -0.4 is 10.1 Å². The quantitative estimate of drug-likeness (QED) is 0.258. The first kappa shape index (κ1) is 34.3. The van der Waals surface area contributed by atoms with Gasteiger partial charge in [-0.3, -0.25) is 4.68 Å². The molecule has 0 bridgehead atoms. The maximum atomic E-state index is 12.3. The van der Waals surface area contributed by atoms with Crippen LogP contribution in [0.5, 0.6) is 5.75 Å². The zero-order chi connectivity index (χ0) is 31.2. The van der Waals surface area contributed by atoms with Crippen LogP contribution in [-0.4, -0.2) is 71.8 Å². The predicted molar refractivity (Wildman–Crippen MR) is 161 cm³/mol. The van der Waals surface area contributed by atoms with E-state index >= 15 is 0 Å². The Labute approximate surface area is 245 Å². The van der Waals surface area contributed by atoms with Crippen LogP contribution in [0.2, 0.25) is 18.1 Å². The van der Waals surface area contributed by atoms with Crippen LogP contribution in [0.3, 0.4) is 0 Å². The molecule has 2 aromatic rings. The third kappa shape index (κ3) is 11.9. The maximum absolute atomic E-state index is 12.3. The second kappa shape index (κ2) is 13.4. The number of nitrogens with zero attached hydrogens (tertiary/aromatic N) is 2. The van der Waals surface area contributed by atoms with Crippen molar-refractivity contribution < 1.29 is 33.3 Å². The number of aromatic nitrogens is 2. The van der Waals surface area contributed by atoms with E-state index in [2.05, 4.69) is 44.3 Å². The summed E-state index contributed by atoms with van der Waals surface area (Å²) in [7, 11) is -2.13. The molecule has 41 heavy (non-hydrogen) atoms. The van der Waals surface area contributed by atoms with E-state index in [0.717, 1.165) is 11.1 Å². The fraction of sp³-hybridized carbons (Fsp3) is 0.633. The number of hydrogen-bond donors (Lipinski definition) is 2. The Morgan fingerprint density at radius 2 is 1.54 bits per heavy atom. The molecule has 0 aliphatic rings. The Balaban J connectivity index is 2.07. The largest absolute Gasteiger partial charge is 0.490 e. The summed E-state index contributed by atoms with van der Waals surface area (Å²) in [6.45, 7) is 22.1. The highest BCUT2D eigenvalue weighted by Crippen LogP contribution is 2.37. The van der Waals surface area contributed by atoms with Gasteiger partial charge in [0.15, 0.2) is 14.4 Å². The number of rotatable bonds is 11. The second-order valence-corrected chi connectivity index (χ2v) is 18.5. The summed E-state index contributed by atoms with van der Waals surface area (Å²) in [5, 5.41) is 17.4. The van der Waals surface area contributed by atoms with Gasteiger partial charge in [0.25, 0.3) is 0 Å². The van der Waals surface area contributed by atoms with Gasteiger partial charge in [0.2, 0.25) is 0 Å². The van der Waals surface area contributed by atoms with Crippen molar-refractivity contribution >= 4 is 20.4 Å². The number of ether oxygens (including phenoxy) is 3. The van der Waals surface area contributed by atoms with Crippen molar-refractivity contribution in [3.63, 3.8) is 0 Å². The molecule has 0 fully saturated rings. The predicted octanol–water partition coefficient (Wildman–Crippen LogP) is 5.55. The molecule has 11 heteroatoms. The molecule has 1 amide bonds. The minimum Gasteiger partial charge on any atom is -0.490 e. The fourth-order valence-corrected chi connectivity index (χ4v) is 4.77. The van der Waals surface area contributed by atoms with Crippen LogP contribution in [0.25, 0.3) is 11.1 Å². The molecule has 0 aliphatic carbocycles. The van der Waals surface area contributed by atoms with Gasteiger partial charge in [-0.05, 0) is 77.4 Å². The van der Waals surface area contributed by atoms with Gasteiger partial charge in [-0.25, -0.2) is 9.59 Å². The molecule has 0 aliphatic heterocycles. The summed E-state index contributed by atoms with van der Waals surface area (Å²) in [6.07, 6.45) is 1.54. The van der Waals surface area contributed by atoms with Crippen LogP contribution in [0.4, 0.5) is 4.79 Å². The molecule has 10 nitrogen and oxygen atoms in total. The smallest absolute Gasteiger partial charge is 0.407 e. The monoisotopic (exact) mass is 591 g/mol. The van der Waals surface area contributed by atoms with E-state index in [-0.39, 0.29) is 24.3 Å². The number of aliphatic hydroxyl groups is 1. The van der Waals surface area contributed by atoms with Gasteiger partial charge in [0, 0.05) is 18.3 Å². The van der Waals surface area contributed by atoms with Gasteiger partial charge in [0.1, 0.15) is 23.6 Å². The lowest BCUT2D eigenvalue weighted by atomic mass is 10.1. The molecule has 0 radical (unpaired) electrons. The number of aliphatic hydroxyl groups excluding tert-OH is 1. The lowest BCUT2D eigenvalue weighted by Crippen LogP contribution is -2.48. The molecule has 0 spiro atoms. The van der Waals surface area contributed by atoms with Crippen molar-refractivity contribution in [1.82, 2.24) is 15.1 Å². The number of esters is 1. The lowest BCUT2D eigenvalue weighted by Gasteiger charge is -2.39. The number of alkyl carbamates (subject to hydrolysis) is 1. The minimum atomic E-state index is -2.13. The molecule has 1 aromatic heterocycles. The van der Waals surface area contributed by atoms with E-state index in [1.165, 1.54) is 0 Å². The van der Waals surface area contributed by atoms with E-state index in [9.17, 15) is 14.7 Å². The Hall–Kier alpha value is -2.89. The first-order valence-electron chi connectivity index (χ1n) is 14.0. The highest BCUT2D eigenvalue weighted by atomic mass is 28.4. The first-order chi connectivity index (χ1) is 18.6. The lowest BCUT2D eigenvalue weighted by molar-refractivity contribution is -0.166.